The Morgan fingerprint density at radius 2 is 2.09 bits per heavy atom. The molecule has 0 saturated carbocycles. The van der Waals surface area contributed by atoms with Crippen LogP contribution in [0.3, 0.4) is 0 Å². The van der Waals surface area contributed by atoms with Crippen LogP contribution in [-0.4, -0.2) is 34.4 Å². The van der Waals surface area contributed by atoms with Crippen LogP contribution in [0.15, 0.2) is 46.3 Å². The van der Waals surface area contributed by atoms with Gasteiger partial charge in [0.25, 0.3) is 5.56 Å². The van der Waals surface area contributed by atoms with Crippen LogP contribution in [0.25, 0.3) is 10.9 Å². The van der Waals surface area contributed by atoms with E-state index in [0.29, 0.717) is 51.9 Å². The van der Waals surface area contributed by atoms with E-state index in [1.165, 1.54) is 23.9 Å². The number of nitriles is 1. The molecule has 0 saturated heterocycles. The van der Waals surface area contributed by atoms with Crippen molar-refractivity contribution in [2.24, 2.45) is 0 Å². The second-order valence-electron chi connectivity index (χ2n) is 6.91. The molecule has 166 valence electrons. The van der Waals surface area contributed by atoms with Crippen molar-refractivity contribution in [3.8, 4) is 6.07 Å². The summed E-state index contributed by atoms with van der Waals surface area (Å²) in [7, 11) is 1.60. The first-order chi connectivity index (χ1) is 15.3. The minimum Gasteiger partial charge on any atom is -0.385 e. The Morgan fingerprint density at radius 1 is 1.31 bits per heavy atom. The molecule has 1 amide bonds. The number of methoxy groups -OCH3 is 1. The molecule has 2 aromatic carbocycles. The number of aromatic nitrogens is 2. The number of rotatable bonds is 8. The maximum atomic E-state index is 13.1. The Bertz CT molecular complexity index is 1260. The molecule has 3 rings (SSSR count). The van der Waals surface area contributed by atoms with Crippen molar-refractivity contribution in [3.05, 3.63) is 62.4 Å². The summed E-state index contributed by atoms with van der Waals surface area (Å²) in [4.78, 5) is 30.4. The number of hydrogen-bond donors (Lipinski definition) is 1. The highest BCUT2D eigenvalue weighted by Gasteiger charge is 2.20. The fraction of sp³-hybridized carbons (Fsp3) is 0.273. The van der Waals surface area contributed by atoms with E-state index in [9.17, 15) is 9.59 Å². The highest BCUT2D eigenvalue weighted by molar-refractivity contribution is 8.00. The minimum atomic E-state index is -0.568. The third-order valence-corrected chi connectivity index (χ3v) is 6.26. The quantitative estimate of drug-likeness (QED) is 0.278. The van der Waals surface area contributed by atoms with E-state index in [-0.39, 0.29) is 16.5 Å². The molecule has 0 fully saturated rings. The fourth-order valence-corrected chi connectivity index (χ4v) is 4.29. The van der Waals surface area contributed by atoms with E-state index < -0.39 is 5.25 Å². The Labute approximate surface area is 199 Å². The minimum absolute atomic E-state index is 0.197. The number of thioether (sulfide) groups is 1. The number of halogens is 2. The lowest BCUT2D eigenvalue weighted by atomic mass is 10.2. The van der Waals surface area contributed by atoms with Crippen molar-refractivity contribution < 1.29 is 9.53 Å². The molecule has 1 aromatic heterocycles. The lowest BCUT2D eigenvalue weighted by Gasteiger charge is -2.16. The first-order valence-corrected chi connectivity index (χ1v) is 11.3. The molecule has 0 bridgehead atoms. The molecule has 1 heterocycles. The molecule has 1 N–H and O–H groups in total. The van der Waals surface area contributed by atoms with E-state index in [1.54, 1.807) is 42.9 Å². The first-order valence-electron chi connectivity index (χ1n) is 9.70. The van der Waals surface area contributed by atoms with Crippen molar-refractivity contribution >= 4 is 57.5 Å². The SMILES string of the molecule is COCCCn1c(SC(C)C(=O)Nc2ccc(C#N)c(Cl)c2)nc2cc(Cl)ccc2c1=O. The van der Waals surface area contributed by atoms with Gasteiger partial charge >= 0.3 is 0 Å². The van der Waals surface area contributed by atoms with Gasteiger partial charge in [0.15, 0.2) is 5.16 Å². The molecular weight excluding hydrogens is 471 g/mol. The summed E-state index contributed by atoms with van der Waals surface area (Å²) >= 11 is 13.3. The third kappa shape index (κ3) is 5.61. The molecule has 0 spiro atoms. The molecule has 0 aliphatic heterocycles. The van der Waals surface area contributed by atoms with Crippen LogP contribution in [-0.2, 0) is 16.1 Å². The number of carbonyl (C=O) groups excluding carboxylic acids is 1. The van der Waals surface area contributed by atoms with Gasteiger partial charge in [-0.25, -0.2) is 4.98 Å². The van der Waals surface area contributed by atoms with Crippen molar-refractivity contribution in [1.82, 2.24) is 9.55 Å². The summed E-state index contributed by atoms with van der Waals surface area (Å²) in [5.41, 5.74) is 1.07. The van der Waals surface area contributed by atoms with Crippen molar-refractivity contribution in [3.63, 3.8) is 0 Å². The topological polar surface area (TPSA) is 97.0 Å². The van der Waals surface area contributed by atoms with E-state index in [2.05, 4.69) is 10.3 Å². The molecule has 0 radical (unpaired) electrons. The summed E-state index contributed by atoms with van der Waals surface area (Å²) in [5, 5.41) is 12.8. The lowest BCUT2D eigenvalue weighted by molar-refractivity contribution is -0.115. The normalized spacial score (nSPS) is 11.8. The average molecular weight is 491 g/mol. The van der Waals surface area contributed by atoms with Gasteiger partial charge in [-0.15, -0.1) is 0 Å². The number of ether oxygens (including phenoxy) is 1. The van der Waals surface area contributed by atoms with E-state index in [1.807, 2.05) is 6.07 Å². The Kier molecular flexibility index (Phi) is 8.15. The Hall–Kier alpha value is -2.57. The van der Waals surface area contributed by atoms with E-state index >= 15 is 0 Å². The lowest BCUT2D eigenvalue weighted by Crippen LogP contribution is -2.27. The molecule has 3 aromatic rings. The smallest absolute Gasteiger partial charge is 0.262 e. The first kappa shape index (κ1) is 24.1. The molecule has 0 aliphatic carbocycles. The third-order valence-electron chi connectivity index (χ3n) is 4.62. The Balaban J connectivity index is 1.87. The van der Waals surface area contributed by atoms with Crippen LogP contribution in [0.5, 0.6) is 0 Å². The van der Waals surface area contributed by atoms with Gasteiger partial charge in [0.05, 0.1) is 26.7 Å². The van der Waals surface area contributed by atoms with Gasteiger partial charge in [0.1, 0.15) is 6.07 Å². The van der Waals surface area contributed by atoms with Crippen LogP contribution >= 0.6 is 35.0 Å². The van der Waals surface area contributed by atoms with Crippen LogP contribution in [0.1, 0.15) is 18.9 Å². The van der Waals surface area contributed by atoms with Crippen LogP contribution in [0.2, 0.25) is 10.0 Å². The van der Waals surface area contributed by atoms with Gasteiger partial charge in [-0.1, -0.05) is 35.0 Å². The molecule has 0 aliphatic rings. The predicted molar refractivity (Wildman–Crippen MR) is 128 cm³/mol. The van der Waals surface area contributed by atoms with Gasteiger partial charge in [0.2, 0.25) is 5.91 Å². The molecule has 7 nitrogen and oxygen atoms in total. The second-order valence-corrected chi connectivity index (χ2v) is 9.07. The van der Waals surface area contributed by atoms with Gasteiger partial charge in [-0.05, 0) is 49.7 Å². The van der Waals surface area contributed by atoms with E-state index in [4.69, 9.17) is 33.2 Å². The average Bonchev–Trinajstić information content (AvgIpc) is 2.75. The number of nitrogens with one attached hydrogen (secondary N) is 1. The second kappa shape index (κ2) is 10.8. The van der Waals surface area contributed by atoms with Crippen LogP contribution in [0, 0.1) is 11.3 Å². The zero-order chi connectivity index (χ0) is 23.3. The summed E-state index contributed by atoms with van der Waals surface area (Å²) in [5.74, 6) is -0.292. The highest BCUT2D eigenvalue weighted by Crippen LogP contribution is 2.26. The summed E-state index contributed by atoms with van der Waals surface area (Å²) < 4.78 is 6.66. The predicted octanol–water partition coefficient (Wildman–Crippen LogP) is 4.73. The Morgan fingerprint density at radius 3 is 2.78 bits per heavy atom. The zero-order valence-corrected chi connectivity index (χ0v) is 19.7. The van der Waals surface area contributed by atoms with Gasteiger partial charge in [0, 0.05) is 31.0 Å². The van der Waals surface area contributed by atoms with Crippen LogP contribution in [0.4, 0.5) is 5.69 Å². The summed E-state index contributed by atoms with van der Waals surface area (Å²) in [6.45, 7) is 2.61. The van der Waals surface area contributed by atoms with Crippen molar-refractivity contribution in [1.29, 1.82) is 5.26 Å². The largest absolute Gasteiger partial charge is 0.385 e. The number of fused-ring (bicyclic) bond motifs is 1. The molecule has 10 heteroatoms. The number of nitrogens with zero attached hydrogens (tertiary/aromatic N) is 3. The number of benzene rings is 2. The molecule has 32 heavy (non-hydrogen) atoms. The summed E-state index contributed by atoms with van der Waals surface area (Å²) in [6, 6.07) is 11.6. The maximum absolute atomic E-state index is 13.1. The van der Waals surface area contributed by atoms with Gasteiger partial charge in [-0.3, -0.25) is 14.2 Å². The van der Waals surface area contributed by atoms with Gasteiger partial charge < -0.3 is 10.1 Å². The van der Waals surface area contributed by atoms with Crippen molar-refractivity contribution in [2.45, 2.75) is 30.3 Å². The van der Waals surface area contributed by atoms with Crippen LogP contribution < -0.4 is 10.9 Å². The zero-order valence-electron chi connectivity index (χ0n) is 17.4. The molecule has 1 unspecified atom stereocenters. The highest BCUT2D eigenvalue weighted by atomic mass is 35.5. The van der Waals surface area contributed by atoms with Gasteiger partial charge in [-0.2, -0.15) is 5.26 Å². The molecular formula is C22H20Cl2N4O3S. The molecule has 1 atom stereocenters. The number of hydrogen-bond acceptors (Lipinski definition) is 6. The number of amides is 1. The fourth-order valence-electron chi connectivity index (χ4n) is 2.97. The maximum Gasteiger partial charge on any atom is 0.262 e. The monoisotopic (exact) mass is 490 g/mol. The van der Waals surface area contributed by atoms with E-state index in [0.717, 1.165) is 0 Å². The summed E-state index contributed by atoms with van der Waals surface area (Å²) in [6.07, 6.45) is 0.620. The number of carbonyl (C=O) groups is 1. The van der Waals surface area contributed by atoms with Crippen molar-refractivity contribution in [2.75, 3.05) is 19.0 Å². The standard InChI is InChI=1S/C22H20Cl2N4O3S/c1-13(20(29)26-16-6-4-14(12-25)18(24)11-16)32-22-27-19-10-15(23)5-7-17(19)21(30)28(22)8-3-9-31-2/h4-7,10-11,13H,3,8-9H2,1-2H3,(H,26,29). The number of anilines is 1.